The molecule has 2 rings (SSSR count). The number of carbonyl (C=O) groups is 5. The maximum Gasteiger partial charge on any atom is 0.244 e. The van der Waals surface area contributed by atoms with Gasteiger partial charge in [-0.05, 0) is 41.7 Å². The number of primary amides is 1. The fourth-order valence-electron chi connectivity index (χ4n) is 3.59. The molecule has 0 aliphatic rings. The zero-order valence-corrected chi connectivity index (χ0v) is 23.7. The number of hydrogen-bond acceptors (Lipinski definition) is 5. The van der Waals surface area contributed by atoms with Crippen LogP contribution in [-0.4, -0.2) is 54.7 Å². The van der Waals surface area contributed by atoms with Crippen molar-refractivity contribution in [1.82, 2.24) is 21.3 Å². The van der Waals surface area contributed by atoms with Crippen LogP contribution in [0.4, 0.5) is 0 Å². The van der Waals surface area contributed by atoms with Gasteiger partial charge in [0.2, 0.25) is 29.5 Å². The average Bonchev–Trinajstić information content (AvgIpc) is 2.89. The molecule has 0 radical (unpaired) electrons. The Morgan fingerprint density at radius 3 is 2.10 bits per heavy atom. The van der Waals surface area contributed by atoms with Gasteiger partial charge in [-0.15, -0.1) is 0 Å². The molecule has 40 heavy (non-hydrogen) atoms. The predicted octanol–water partition coefficient (Wildman–Crippen LogP) is 1.98. The standard InChI is InChI=1S/C28H33Cl2N5O5/c1-17(2)12-22(27(31)39)34-26(38)16-33-28(40)23(13-18-6-4-3-5-7-18)35-25(37)15-32-24(36)11-9-19-8-10-20(29)14-21(19)30/h3-11,14,17,22-23H,12-13,15-16H2,1-2H3,(H2,31,39)(H,32,36)(H,33,40)(H,34,38)(H,35,37)/b11-9+/t22-,23-/m0/s1. The van der Waals surface area contributed by atoms with Crippen LogP contribution in [0.15, 0.2) is 54.6 Å². The molecule has 0 heterocycles. The SMILES string of the molecule is CC(C)C[C@H](NC(=O)CNC(=O)[C@H](Cc1ccccc1)NC(=O)CNC(=O)/C=C/c1ccc(Cl)cc1Cl)C(N)=O. The highest BCUT2D eigenvalue weighted by molar-refractivity contribution is 6.35. The first-order chi connectivity index (χ1) is 18.9. The minimum Gasteiger partial charge on any atom is -0.368 e. The molecule has 0 saturated heterocycles. The normalized spacial score (nSPS) is 12.4. The lowest BCUT2D eigenvalue weighted by Crippen LogP contribution is -2.53. The molecule has 2 aromatic carbocycles. The third-order valence-corrected chi connectivity index (χ3v) is 6.11. The minimum absolute atomic E-state index is 0.115. The molecule has 0 spiro atoms. The van der Waals surface area contributed by atoms with Gasteiger partial charge in [-0.1, -0.05) is 73.4 Å². The molecule has 6 N–H and O–H groups in total. The molecule has 2 atom stereocenters. The summed E-state index contributed by atoms with van der Waals surface area (Å²) in [6.45, 7) is 2.95. The lowest BCUT2D eigenvalue weighted by atomic mass is 10.0. The third-order valence-electron chi connectivity index (χ3n) is 5.54. The molecule has 214 valence electrons. The molecule has 0 unspecified atom stereocenters. The predicted molar refractivity (Wildman–Crippen MR) is 154 cm³/mol. The second-order valence-electron chi connectivity index (χ2n) is 9.40. The Labute approximate surface area is 243 Å². The summed E-state index contributed by atoms with van der Waals surface area (Å²) in [5.74, 6) is -2.93. The van der Waals surface area contributed by atoms with E-state index in [1.54, 1.807) is 36.4 Å². The van der Waals surface area contributed by atoms with Crippen LogP contribution >= 0.6 is 23.2 Å². The number of nitrogens with one attached hydrogen (secondary N) is 4. The first-order valence-corrected chi connectivity index (χ1v) is 13.3. The summed E-state index contributed by atoms with van der Waals surface area (Å²) in [7, 11) is 0. The molecule has 0 fully saturated rings. The van der Waals surface area contributed by atoms with Gasteiger partial charge in [0.25, 0.3) is 0 Å². The minimum atomic E-state index is -1.04. The molecule has 2 aromatic rings. The molecule has 0 saturated carbocycles. The van der Waals surface area contributed by atoms with Crippen molar-refractivity contribution in [1.29, 1.82) is 0 Å². The van der Waals surface area contributed by atoms with Gasteiger partial charge in [0, 0.05) is 22.5 Å². The van der Waals surface area contributed by atoms with E-state index >= 15 is 0 Å². The van der Waals surface area contributed by atoms with Crippen molar-refractivity contribution in [2.75, 3.05) is 13.1 Å². The van der Waals surface area contributed by atoms with Crippen molar-refractivity contribution in [2.45, 2.75) is 38.8 Å². The summed E-state index contributed by atoms with van der Waals surface area (Å²) in [6, 6.07) is 11.9. The van der Waals surface area contributed by atoms with Gasteiger partial charge in [-0.25, -0.2) is 0 Å². The molecule has 5 amide bonds. The molecule has 0 aromatic heterocycles. The van der Waals surface area contributed by atoms with Gasteiger partial charge in [0.15, 0.2) is 0 Å². The lowest BCUT2D eigenvalue weighted by molar-refractivity contribution is -0.131. The van der Waals surface area contributed by atoms with Crippen molar-refractivity contribution in [2.24, 2.45) is 11.7 Å². The molecule has 0 aliphatic heterocycles. The summed E-state index contributed by atoms with van der Waals surface area (Å²) >= 11 is 11.9. The van der Waals surface area contributed by atoms with Crippen molar-refractivity contribution < 1.29 is 24.0 Å². The quantitative estimate of drug-likeness (QED) is 0.213. The van der Waals surface area contributed by atoms with E-state index in [1.165, 1.54) is 18.2 Å². The van der Waals surface area contributed by atoms with Gasteiger partial charge in [0.05, 0.1) is 13.1 Å². The third kappa shape index (κ3) is 11.9. The Morgan fingerprint density at radius 1 is 0.875 bits per heavy atom. The number of benzene rings is 2. The van der Waals surface area contributed by atoms with E-state index in [9.17, 15) is 24.0 Å². The number of halogens is 2. The summed E-state index contributed by atoms with van der Waals surface area (Å²) in [5, 5.41) is 10.8. The average molecular weight is 591 g/mol. The van der Waals surface area contributed by atoms with Crippen LogP contribution in [0.25, 0.3) is 6.08 Å². The Hall–Kier alpha value is -3.89. The van der Waals surface area contributed by atoms with Gasteiger partial charge < -0.3 is 27.0 Å². The highest BCUT2D eigenvalue weighted by Gasteiger charge is 2.23. The van der Waals surface area contributed by atoms with Crippen molar-refractivity contribution in [3.05, 3.63) is 75.8 Å². The number of rotatable bonds is 14. The summed E-state index contributed by atoms with van der Waals surface area (Å²) in [4.78, 5) is 61.6. The zero-order chi connectivity index (χ0) is 29.7. The van der Waals surface area contributed by atoms with Crippen LogP contribution < -0.4 is 27.0 Å². The highest BCUT2D eigenvalue weighted by Crippen LogP contribution is 2.21. The van der Waals surface area contributed by atoms with Gasteiger partial charge in [-0.2, -0.15) is 0 Å². The lowest BCUT2D eigenvalue weighted by Gasteiger charge is -2.20. The van der Waals surface area contributed by atoms with E-state index in [4.69, 9.17) is 28.9 Å². The van der Waals surface area contributed by atoms with Crippen LogP contribution in [0, 0.1) is 5.92 Å². The topological polar surface area (TPSA) is 159 Å². The van der Waals surface area contributed by atoms with Crippen molar-refractivity contribution in [3.63, 3.8) is 0 Å². The summed E-state index contributed by atoms with van der Waals surface area (Å²) in [6.07, 6.45) is 3.19. The Bertz CT molecular complexity index is 1240. The van der Waals surface area contributed by atoms with Gasteiger partial charge in [-0.3, -0.25) is 24.0 Å². The Morgan fingerprint density at radius 2 is 1.50 bits per heavy atom. The Balaban J connectivity index is 1.96. The molecule has 0 aliphatic carbocycles. The van der Waals surface area contributed by atoms with Crippen LogP contribution in [0.2, 0.25) is 10.0 Å². The summed E-state index contributed by atoms with van der Waals surface area (Å²) in [5.41, 5.74) is 6.69. The molecular formula is C28H33Cl2N5O5. The van der Waals surface area contributed by atoms with E-state index in [-0.39, 0.29) is 12.3 Å². The fourth-order valence-corrected chi connectivity index (χ4v) is 4.06. The number of amides is 5. The van der Waals surface area contributed by atoms with Crippen LogP contribution in [-0.2, 0) is 30.4 Å². The van der Waals surface area contributed by atoms with E-state index in [2.05, 4.69) is 21.3 Å². The monoisotopic (exact) mass is 589 g/mol. The molecule has 0 bridgehead atoms. The Kier molecular flexibility index (Phi) is 13.1. The highest BCUT2D eigenvalue weighted by atomic mass is 35.5. The van der Waals surface area contributed by atoms with Gasteiger partial charge >= 0.3 is 0 Å². The van der Waals surface area contributed by atoms with E-state index < -0.39 is 54.7 Å². The fraction of sp³-hybridized carbons (Fsp3) is 0.321. The second-order valence-corrected chi connectivity index (χ2v) is 10.2. The molecule has 10 nitrogen and oxygen atoms in total. The van der Waals surface area contributed by atoms with Crippen molar-refractivity contribution in [3.8, 4) is 0 Å². The zero-order valence-electron chi connectivity index (χ0n) is 22.2. The van der Waals surface area contributed by atoms with Crippen LogP contribution in [0.5, 0.6) is 0 Å². The van der Waals surface area contributed by atoms with Gasteiger partial charge in [0.1, 0.15) is 12.1 Å². The number of nitrogens with two attached hydrogens (primary N) is 1. The maximum atomic E-state index is 12.9. The summed E-state index contributed by atoms with van der Waals surface area (Å²) < 4.78 is 0. The first-order valence-electron chi connectivity index (χ1n) is 12.5. The van der Waals surface area contributed by atoms with E-state index in [0.717, 1.165) is 5.56 Å². The van der Waals surface area contributed by atoms with E-state index in [0.29, 0.717) is 22.0 Å². The van der Waals surface area contributed by atoms with Crippen LogP contribution in [0.3, 0.4) is 0 Å². The number of carbonyl (C=O) groups excluding carboxylic acids is 5. The smallest absolute Gasteiger partial charge is 0.244 e. The second kappa shape index (κ2) is 16.3. The molecular weight excluding hydrogens is 557 g/mol. The first kappa shape index (κ1) is 32.3. The van der Waals surface area contributed by atoms with Crippen LogP contribution in [0.1, 0.15) is 31.4 Å². The number of hydrogen-bond donors (Lipinski definition) is 5. The molecule has 12 heteroatoms. The largest absolute Gasteiger partial charge is 0.368 e. The van der Waals surface area contributed by atoms with Crippen molar-refractivity contribution >= 4 is 58.8 Å². The maximum absolute atomic E-state index is 12.9. The van der Waals surface area contributed by atoms with E-state index in [1.807, 2.05) is 19.9 Å².